The zero-order chi connectivity index (χ0) is 22.8. The molecule has 5 rings (SSSR count). The molecule has 0 aliphatic carbocycles. The van der Waals surface area contributed by atoms with Crippen LogP contribution < -0.4 is 0 Å². The van der Waals surface area contributed by atoms with E-state index < -0.39 is 0 Å². The van der Waals surface area contributed by atoms with Crippen LogP contribution in [0.25, 0.3) is 28.3 Å². The van der Waals surface area contributed by atoms with Crippen molar-refractivity contribution in [3.63, 3.8) is 0 Å². The molecule has 0 radical (unpaired) electrons. The van der Waals surface area contributed by atoms with Crippen LogP contribution in [-0.4, -0.2) is 15.3 Å². The highest BCUT2D eigenvalue weighted by molar-refractivity contribution is 6.12. The van der Waals surface area contributed by atoms with Gasteiger partial charge in [0.1, 0.15) is 17.2 Å². The lowest BCUT2D eigenvalue weighted by Crippen LogP contribution is -2.11. The Labute approximate surface area is 194 Å². The topological polar surface area (TPSA) is 34.9 Å². The van der Waals surface area contributed by atoms with Crippen LogP contribution in [0.15, 0.2) is 109 Å². The van der Waals surface area contributed by atoms with Gasteiger partial charge in [0.2, 0.25) is 5.78 Å². The summed E-state index contributed by atoms with van der Waals surface area (Å²) in [5, 5.41) is 0. The van der Waals surface area contributed by atoms with E-state index in [0.29, 0.717) is 17.0 Å². The van der Waals surface area contributed by atoms with Gasteiger partial charge in [-0.25, -0.2) is 4.98 Å². The summed E-state index contributed by atoms with van der Waals surface area (Å²) in [6.07, 6.45) is 0. The summed E-state index contributed by atoms with van der Waals surface area (Å²) in [7, 11) is 0. The molecule has 0 atom stereocenters. The summed E-state index contributed by atoms with van der Waals surface area (Å²) < 4.78 is 2.00. The van der Waals surface area contributed by atoms with Crippen molar-refractivity contribution in [3.05, 3.63) is 132 Å². The number of aromatic nitrogens is 2. The Morgan fingerprint density at radius 3 is 1.79 bits per heavy atom. The predicted molar refractivity (Wildman–Crippen MR) is 134 cm³/mol. The number of aryl methyl sites for hydroxylation is 2. The number of ketones is 1. The second-order valence-corrected chi connectivity index (χ2v) is 8.23. The van der Waals surface area contributed by atoms with Crippen molar-refractivity contribution in [1.82, 2.24) is 9.55 Å². The van der Waals surface area contributed by atoms with Crippen molar-refractivity contribution < 1.29 is 4.79 Å². The normalized spacial score (nSPS) is 10.8. The summed E-state index contributed by atoms with van der Waals surface area (Å²) in [6, 6.07) is 35.8. The Morgan fingerprint density at radius 2 is 1.18 bits per heavy atom. The van der Waals surface area contributed by atoms with Gasteiger partial charge in [0.05, 0.1) is 0 Å². The van der Waals surface area contributed by atoms with Crippen LogP contribution >= 0.6 is 0 Å². The molecule has 0 saturated carbocycles. The minimum Gasteiger partial charge on any atom is -0.289 e. The molecule has 3 heteroatoms. The Balaban J connectivity index is 1.85. The Hall–Kier alpha value is -4.24. The fraction of sp³-hybridized carbons (Fsp3) is 0.0667. The molecule has 0 aliphatic rings. The fourth-order valence-electron chi connectivity index (χ4n) is 3.99. The highest BCUT2D eigenvalue weighted by Gasteiger charge is 2.26. The van der Waals surface area contributed by atoms with Crippen LogP contribution in [0.1, 0.15) is 27.2 Å². The molecular weight excluding hydrogens is 404 g/mol. The number of nitrogens with zero attached hydrogens (tertiary/aromatic N) is 2. The number of imidazole rings is 1. The molecule has 5 aromatic rings. The Kier molecular flexibility index (Phi) is 5.45. The van der Waals surface area contributed by atoms with E-state index in [1.807, 2.05) is 77.4 Å². The minimum atomic E-state index is -0.0547. The highest BCUT2D eigenvalue weighted by atomic mass is 16.1. The molecule has 0 fully saturated rings. The molecule has 1 heterocycles. The quantitative estimate of drug-likeness (QED) is 0.281. The van der Waals surface area contributed by atoms with Gasteiger partial charge < -0.3 is 0 Å². The molecule has 0 saturated heterocycles. The largest absolute Gasteiger partial charge is 0.289 e. The van der Waals surface area contributed by atoms with Gasteiger partial charge in [-0.05, 0) is 26.0 Å². The molecule has 0 spiro atoms. The van der Waals surface area contributed by atoms with Crippen molar-refractivity contribution in [2.75, 3.05) is 0 Å². The predicted octanol–water partition coefficient (Wildman–Crippen LogP) is 7.05. The third kappa shape index (κ3) is 4.01. The average Bonchev–Trinajstić information content (AvgIpc) is 3.26. The van der Waals surface area contributed by atoms with Gasteiger partial charge in [-0.3, -0.25) is 9.36 Å². The first-order valence-corrected chi connectivity index (χ1v) is 11.0. The van der Waals surface area contributed by atoms with Gasteiger partial charge in [-0.1, -0.05) is 108 Å². The standard InChI is InChI=1S/C30H24N2O/c1-21-13-17-25(18-14-21)30-31-27(23-9-5-3-6-10-23)28(29(33)24-11-7-4-8-12-24)32(30)26-19-15-22(2)16-20-26/h3-20H,1-2H3. The van der Waals surface area contributed by atoms with Crippen LogP contribution in [-0.2, 0) is 0 Å². The molecule has 0 unspecified atom stereocenters. The van der Waals surface area contributed by atoms with Crippen molar-refractivity contribution >= 4 is 5.78 Å². The molecule has 4 aromatic carbocycles. The maximum Gasteiger partial charge on any atom is 0.212 e. The van der Waals surface area contributed by atoms with E-state index in [0.717, 1.165) is 28.2 Å². The smallest absolute Gasteiger partial charge is 0.212 e. The monoisotopic (exact) mass is 428 g/mol. The molecular formula is C30H24N2O. The van der Waals surface area contributed by atoms with Gasteiger partial charge >= 0.3 is 0 Å². The van der Waals surface area contributed by atoms with Gasteiger partial charge in [0.15, 0.2) is 0 Å². The number of hydrogen-bond acceptors (Lipinski definition) is 2. The minimum absolute atomic E-state index is 0.0547. The SMILES string of the molecule is Cc1ccc(-c2nc(-c3ccccc3)c(C(=O)c3ccccc3)n2-c2ccc(C)cc2)cc1. The average molecular weight is 429 g/mol. The summed E-state index contributed by atoms with van der Waals surface area (Å²) >= 11 is 0. The van der Waals surface area contributed by atoms with Gasteiger partial charge in [-0.2, -0.15) is 0 Å². The molecule has 33 heavy (non-hydrogen) atoms. The zero-order valence-corrected chi connectivity index (χ0v) is 18.7. The van der Waals surface area contributed by atoms with E-state index in [-0.39, 0.29) is 5.78 Å². The lowest BCUT2D eigenvalue weighted by molar-refractivity contribution is 0.103. The van der Waals surface area contributed by atoms with E-state index in [1.54, 1.807) is 0 Å². The fourth-order valence-corrected chi connectivity index (χ4v) is 3.99. The summed E-state index contributed by atoms with van der Waals surface area (Å²) in [4.78, 5) is 19.0. The van der Waals surface area contributed by atoms with Gasteiger partial charge in [-0.15, -0.1) is 0 Å². The third-order valence-corrected chi connectivity index (χ3v) is 5.78. The number of benzene rings is 4. The molecule has 0 N–H and O–H groups in total. The lowest BCUT2D eigenvalue weighted by atomic mass is 10.0. The first-order valence-electron chi connectivity index (χ1n) is 11.0. The van der Waals surface area contributed by atoms with E-state index in [2.05, 4.69) is 50.2 Å². The van der Waals surface area contributed by atoms with Crippen molar-refractivity contribution in [3.8, 4) is 28.3 Å². The second kappa shape index (κ2) is 8.71. The summed E-state index contributed by atoms with van der Waals surface area (Å²) in [5.41, 5.74) is 7.00. The van der Waals surface area contributed by atoms with E-state index in [1.165, 1.54) is 5.56 Å². The number of hydrogen-bond donors (Lipinski definition) is 0. The zero-order valence-electron chi connectivity index (χ0n) is 18.7. The first-order chi connectivity index (χ1) is 16.1. The van der Waals surface area contributed by atoms with Crippen LogP contribution in [0.2, 0.25) is 0 Å². The molecule has 3 nitrogen and oxygen atoms in total. The Morgan fingerprint density at radius 1 is 0.636 bits per heavy atom. The van der Waals surface area contributed by atoms with Crippen molar-refractivity contribution in [2.24, 2.45) is 0 Å². The molecule has 0 aliphatic heterocycles. The molecule has 0 amide bonds. The van der Waals surface area contributed by atoms with E-state index in [9.17, 15) is 4.79 Å². The van der Waals surface area contributed by atoms with Crippen molar-refractivity contribution in [1.29, 1.82) is 0 Å². The second-order valence-electron chi connectivity index (χ2n) is 8.23. The van der Waals surface area contributed by atoms with Gasteiger partial charge in [0, 0.05) is 22.4 Å². The maximum atomic E-state index is 13.9. The molecule has 1 aromatic heterocycles. The molecule has 160 valence electrons. The van der Waals surface area contributed by atoms with Crippen LogP contribution in [0.4, 0.5) is 0 Å². The van der Waals surface area contributed by atoms with Crippen LogP contribution in [0, 0.1) is 13.8 Å². The number of rotatable bonds is 5. The van der Waals surface area contributed by atoms with Gasteiger partial charge in [0.25, 0.3) is 0 Å². The summed E-state index contributed by atoms with van der Waals surface area (Å²) in [5.74, 6) is 0.692. The summed E-state index contributed by atoms with van der Waals surface area (Å²) in [6.45, 7) is 4.12. The van der Waals surface area contributed by atoms with E-state index in [4.69, 9.17) is 4.98 Å². The van der Waals surface area contributed by atoms with Crippen LogP contribution in [0.5, 0.6) is 0 Å². The van der Waals surface area contributed by atoms with Crippen LogP contribution in [0.3, 0.4) is 0 Å². The number of carbonyl (C=O) groups is 1. The number of carbonyl (C=O) groups excluding carboxylic acids is 1. The van der Waals surface area contributed by atoms with Crippen molar-refractivity contribution in [2.45, 2.75) is 13.8 Å². The molecule has 0 bridgehead atoms. The third-order valence-electron chi connectivity index (χ3n) is 5.78. The lowest BCUT2D eigenvalue weighted by Gasteiger charge is -2.13. The first kappa shape index (κ1) is 20.7. The maximum absolute atomic E-state index is 13.9. The highest BCUT2D eigenvalue weighted by Crippen LogP contribution is 2.34. The van der Waals surface area contributed by atoms with E-state index >= 15 is 0 Å². The Bertz CT molecular complexity index is 1400.